The third-order valence-corrected chi connectivity index (χ3v) is 6.73. The molecule has 36 heavy (non-hydrogen) atoms. The van der Waals surface area contributed by atoms with Gasteiger partial charge in [-0.3, -0.25) is 14.9 Å². The standard InChI is InChI=1S/C17H16N4O2S.C7H6Br2N2O/c1-10-7-16(21(22)23)11(2)6-13(10)8-17-18-15(9-24-17)14-5-4-12(3)19-20-14;1-4-2-3-5(11-10-4)6(12)7(8)9/h4-7,9H,8H2,1-3H3;2-3,7H,1H3. The summed E-state index contributed by atoms with van der Waals surface area (Å²) >= 11 is 7.74. The van der Waals surface area contributed by atoms with Crippen molar-refractivity contribution in [1.82, 2.24) is 25.4 Å². The molecule has 4 aromatic rings. The fourth-order valence-corrected chi connectivity index (χ4v) is 4.38. The molecule has 0 amide bonds. The Morgan fingerprint density at radius 1 is 0.944 bits per heavy atom. The van der Waals surface area contributed by atoms with Gasteiger partial charge in [0.15, 0.2) is 0 Å². The van der Waals surface area contributed by atoms with Gasteiger partial charge in [-0.15, -0.1) is 21.5 Å². The van der Waals surface area contributed by atoms with Gasteiger partial charge in [-0.1, -0.05) is 31.9 Å². The molecule has 0 fully saturated rings. The van der Waals surface area contributed by atoms with Gasteiger partial charge in [-0.2, -0.15) is 10.2 Å². The molecule has 0 saturated heterocycles. The van der Waals surface area contributed by atoms with Crippen LogP contribution in [-0.2, 0) is 6.42 Å². The van der Waals surface area contributed by atoms with E-state index in [1.165, 1.54) is 0 Å². The van der Waals surface area contributed by atoms with Gasteiger partial charge in [0.25, 0.3) is 5.69 Å². The molecule has 9 nitrogen and oxygen atoms in total. The predicted molar refractivity (Wildman–Crippen MR) is 146 cm³/mol. The van der Waals surface area contributed by atoms with Crippen molar-refractivity contribution in [2.75, 3.05) is 0 Å². The van der Waals surface area contributed by atoms with Gasteiger partial charge in [0, 0.05) is 23.4 Å². The van der Waals surface area contributed by atoms with Crippen LogP contribution in [0.1, 0.15) is 43.6 Å². The Kier molecular flexibility index (Phi) is 9.46. The zero-order valence-corrected chi connectivity index (χ0v) is 23.9. The highest BCUT2D eigenvalue weighted by molar-refractivity contribution is 9.25. The van der Waals surface area contributed by atoms with Crippen molar-refractivity contribution in [2.24, 2.45) is 0 Å². The number of alkyl halides is 2. The molecule has 0 aliphatic heterocycles. The van der Waals surface area contributed by atoms with Crippen LogP contribution in [0.5, 0.6) is 0 Å². The Morgan fingerprint density at radius 2 is 1.61 bits per heavy atom. The SMILES string of the molecule is Cc1ccc(-c2csc(Cc3cc(C)c([N+](=O)[O-])cc3C)n2)nn1.Cc1ccc(C(=O)C(Br)Br)nn1. The molecule has 1 aromatic carbocycles. The van der Waals surface area contributed by atoms with E-state index in [2.05, 4.69) is 57.2 Å². The smallest absolute Gasteiger partial charge is 0.272 e. The van der Waals surface area contributed by atoms with Crippen molar-refractivity contribution in [3.8, 4) is 11.4 Å². The van der Waals surface area contributed by atoms with Crippen LogP contribution in [0.4, 0.5) is 5.69 Å². The number of carbonyl (C=O) groups is 1. The van der Waals surface area contributed by atoms with E-state index in [-0.39, 0.29) is 20.1 Å². The maximum Gasteiger partial charge on any atom is 0.272 e. The number of thiazole rings is 1. The lowest BCUT2D eigenvalue weighted by atomic mass is 10.0. The van der Waals surface area contributed by atoms with Gasteiger partial charge in [-0.05, 0) is 69.2 Å². The van der Waals surface area contributed by atoms with Crippen molar-refractivity contribution in [3.05, 3.63) is 90.7 Å². The normalized spacial score (nSPS) is 10.6. The first-order valence-corrected chi connectivity index (χ1v) is 13.4. The van der Waals surface area contributed by atoms with Crippen LogP contribution in [0.25, 0.3) is 11.4 Å². The minimum atomic E-state index is -0.387. The maximum absolute atomic E-state index is 11.3. The van der Waals surface area contributed by atoms with Crippen molar-refractivity contribution >= 4 is 54.7 Å². The second-order valence-electron chi connectivity index (χ2n) is 7.91. The van der Waals surface area contributed by atoms with Gasteiger partial charge >= 0.3 is 0 Å². The number of benzene rings is 1. The number of hydrogen-bond donors (Lipinski definition) is 0. The maximum atomic E-state index is 11.3. The lowest BCUT2D eigenvalue weighted by molar-refractivity contribution is -0.385. The number of hydrogen-bond acceptors (Lipinski definition) is 9. The molecule has 0 aliphatic carbocycles. The number of aromatic nitrogens is 5. The summed E-state index contributed by atoms with van der Waals surface area (Å²) in [6, 6.07) is 10.7. The first-order valence-electron chi connectivity index (χ1n) is 10.7. The van der Waals surface area contributed by atoms with E-state index < -0.39 is 0 Å². The number of ketones is 1. The minimum Gasteiger partial charge on any atom is -0.290 e. The van der Waals surface area contributed by atoms with Crippen LogP contribution in [0.2, 0.25) is 0 Å². The Bertz CT molecular complexity index is 1380. The second kappa shape index (κ2) is 12.3. The molecule has 186 valence electrons. The molecule has 0 N–H and O–H groups in total. The molecule has 3 heterocycles. The molecule has 0 aliphatic rings. The largest absolute Gasteiger partial charge is 0.290 e. The van der Waals surface area contributed by atoms with Crippen molar-refractivity contribution in [3.63, 3.8) is 0 Å². The Labute approximate surface area is 228 Å². The predicted octanol–water partition coefficient (Wildman–Crippen LogP) is 6.11. The van der Waals surface area contributed by atoms with E-state index in [9.17, 15) is 14.9 Å². The summed E-state index contributed by atoms with van der Waals surface area (Å²) in [5.74, 6) is -0.123. The molecular formula is C24H22Br2N6O3S. The molecule has 0 bridgehead atoms. The average Bonchev–Trinajstić information content (AvgIpc) is 3.30. The number of aryl methyl sites for hydroxylation is 4. The van der Waals surface area contributed by atoms with Crippen molar-refractivity contribution in [2.45, 2.75) is 37.9 Å². The zero-order chi connectivity index (χ0) is 26.4. The van der Waals surface area contributed by atoms with Crippen molar-refractivity contribution < 1.29 is 9.72 Å². The van der Waals surface area contributed by atoms with Gasteiger partial charge in [0.05, 0.1) is 21.3 Å². The number of halogens is 2. The fourth-order valence-electron chi connectivity index (χ4n) is 3.10. The summed E-state index contributed by atoms with van der Waals surface area (Å²) in [5.41, 5.74) is 6.36. The van der Waals surface area contributed by atoms with Crippen molar-refractivity contribution in [1.29, 1.82) is 0 Å². The summed E-state index contributed by atoms with van der Waals surface area (Å²) in [6.45, 7) is 7.36. The van der Waals surface area contributed by atoms with E-state index in [4.69, 9.17) is 0 Å². The second-order valence-corrected chi connectivity index (χ2v) is 11.9. The summed E-state index contributed by atoms with van der Waals surface area (Å²) in [7, 11) is 0. The first kappa shape index (κ1) is 27.6. The number of Topliss-reactive ketones (excluding diaryl/α,β-unsaturated/α-hetero) is 1. The summed E-state index contributed by atoms with van der Waals surface area (Å²) in [4.78, 5) is 26.5. The first-order chi connectivity index (χ1) is 17.0. The molecule has 0 saturated carbocycles. The van der Waals surface area contributed by atoms with Gasteiger partial charge < -0.3 is 0 Å². The summed E-state index contributed by atoms with van der Waals surface area (Å²) in [5, 5.41) is 29.6. The van der Waals surface area contributed by atoms with E-state index in [1.807, 2.05) is 44.4 Å². The Morgan fingerprint density at radius 3 is 2.17 bits per heavy atom. The van der Waals surface area contributed by atoms with Gasteiger partial charge in [-0.25, -0.2) is 4.98 Å². The van der Waals surface area contributed by atoms with Crippen LogP contribution < -0.4 is 0 Å². The van der Waals surface area contributed by atoms with Crippen LogP contribution in [0.15, 0.2) is 41.8 Å². The monoisotopic (exact) mass is 632 g/mol. The summed E-state index contributed by atoms with van der Waals surface area (Å²) in [6.07, 6.45) is 0.647. The van der Waals surface area contributed by atoms with E-state index in [0.29, 0.717) is 17.7 Å². The molecule has 0 radical (unpaired) electrons. The zero-order valence-electron chi connectivity index (χ0n) is 19.9. The Balaban J connectivity index is 0.000000253. The lowest BCUT2D eigenvalue weighted by Gasteiger charge is -2.06. The quantitative estimate of drug-likeness (QED) is 0.108. The molecule has 0 atom stereocenters. The van der Waals surface area contributed by atoms with Gasteiger partial charge in [0.1, 0.15) is 20.8 Å². The third kappa shape index (κ3) is 7.28. The molecule has 12 heteroatoms. The lowest BCUT2D eigenvalue weighted by Crippen LogP contribution is -2.10. The third-order valence-electron chi connectivity index (χ3n) is 5.05. The topological polar surface area (TPSA) is 125 Å². The number of nitrogens with zero attached hydrogens (tertiary/aromatic N) is 6. The van der Waals surface area contributed by atoms with Crippen LogP contribution in [0, 0.1) is 37.8 Å². The number of carbonyl (C=O) groups excluding carboxylic acids is 1. The molecule has 3 aromatic heterocycles. The molecule has 4 rings (SSSR count). The highest BCUT2D eigenvalue weighted by Crippen LogP contribution is 2.27. The number of nitro groups is 1. The van der Waals surface area contributed by atoms with Gasteiger partial charge in [0.2, 0.25) is 5.78 Å². The van der Waals surface area contributed by atoms with Crippen LogP contribution in [0.3, 0.4) is 0 Å². The average molecular weight is 634 g/mol. The van der Waals surface area contributed by atoms with Crippen LogP contribution >= 0.6 is 43.2 Å². The van der Waals surface area contributed by atoms with E-state index >= 15 is 0 Å². The Hall–Kier alpha value is -2.96. The summed E-state index contributed by atoms with van der Waals surface area (Å²) < 4.78 is -0.387. The van der Waals surface area contributed by atoms with E-state index in [1.54, 1.807) is 36.5 Å². The van der Waals surface area contributed by atoms with E-state index in [0.717, 1.165) is 38.9 Å². The molecule has 0 unspecified atom stereocenters. The highest BCUT2D eigenvalue weighted by Gasteiger charge is 2.16. The number of nitro benzene ring substituents is 1. The minimum absolute atomic E-state index is 0.123. The highest BCUT2D eigenvalue weighted by atomic mass is 79.9. The fraction of sp³-hybridized carbons (Fsp3) is 0.250. The molecular weight excluding hydrogens is 612 g/mol. The molecule has 0 spiro atoms. The van der Waals surface area contributed by atoms with Crippen LogP contribution in [-0.4, -0.2) is 39.8 Å². The number of rotatable bonds is 6.